The first-order valence-corrected chi connectivity index (χ1v) is 7.05. The largest absolute Gasteiger partial charge is 0.346 e. The Morgan fingerprint density at radius 3 is 2.55 bits per heavy atom. The fourth-order valence-corrected chi connectivity index (χ4v) is 2.48. The lowest BCUT2D eigenvalue weighted by molar-refractivity contribution is -0.0441. The van der Waals surface area contributed by atoms with Crippen molar-refractivity contribution in [3.63, 3.8) is 0 Å². The van der Waals surface area contributed by atoms with E-state index in [0.29, 0.717) is 18.9 Å². The molecule has 0 aliphatic carbocycles. The Morgan fingerprint density at radius 1 is 1.25 bits per heavy atom. The molecule has 8 heteroatoms. The van der Waals surface area contributed by atoms with Crippen molar-refractivity contribution in [2.75, 3.05) is 18.5 Å². The average molecular weight is 312 g/mol. The number of hydrogen-bond acceptors (Lipinski definition) is 6. The number of carbonyl (C=O) groups is 1. The van der Waals surface area contributed by atoms with Crippen LogP contribution in [0.5, 0.6) is 0 Å². The Balaban J connectivity index is 1.67. The van der Waals surface area contributed by atoms with Crippen molar-refractivity contribution in [2.24, 2.45) is 0 Å². The molecule has 1 aliphatic rings. The Bertz CT molecular complexity index is 611. The molecule has 6 nitrogen and oxygen atoms in total. The summed E-state index contributed by atoms with van der Waals surface area (Å²) in [5, 5.41) is 10.2. The van der Waals surface area contributed by atoms with Crippen LogP contribution < -0.4 is 5.32 Å². The quantitative estimate of drug-likeness (QED) is 0.942. The van der Waals surface area contributed by atoms with E-state index >= 15 is 0 Å². The highest BCUT2D eigenvalue weighted by atomic mass is 35.5. The van der Waals surface area contributed by atoms with Crippen LogP contribution in [0.1, 0.15) is 21.7 Å². The Hall–Kier alpha value is -1.54. The maximum atomic E-state index is 11.9. The molecule has 104 valence electrons. The number of aromatic nitrogens is 2. The Labute approximate surface area is 123 Å². The number of ether oxygens (including phenoxy) is 2. The van der Waals surface area contributed by atoms with Gasteiger partial charge in [-0.05, 0) is 23.7 Å². The number of hydrogen-bond donors (Lipinski definition) is 1. The predicted molar refractivity (Wildman–Crippen MR) is 74.0 cm³/mol. The van der Waals surface area contributed by atoms with Crippen molar-refractivity contribution >= 4 is 34.5 Å². The Kier molecular flexibility index (Phi) is 3.93. The van der Waals surface area contributed by atoms with Crippen LogP contribution in [0, 0.1) is 0 Å². The van der Waals surface area contributed by atoms with E-state index in [1.54, 1.807) is 12.1 Å². The summed E-state index contributed by atoms with van der Waals surface area (Å²) in [5.74, 6) is -0.337. The van der Waals surface area contributed by atoms with Crippen molar-refractivity contribution in [3.05, 3.63) is 39.3 Å². The van der Waals surface area contributed by atoms with Crippen molar-refractivity contribution < 1.29 is 14.3 Å². The zero-order valence-electron chi connectivity index (χ0n) is 10.2. The van der Waals surface area contributed by atoms with Crippen LogP contribution in [0.3, 0.4) is 0 Å². The van der Waals surface area contributed by atoms with Crippen molar-refractivity contribution in [2.45, 2.75) is 6.29 Å². The third-order valence-corrected chi connectivity index (χ3v) is 3.67. The molecule has 1 aliphatic heterocycles. The molecule has 0 atom stereocenters. The minimum atomic E-state index is -0.337. The summed E-state index contributed by atoms with van der Waals surface area (Å²) < 4.78 is 11.0. The van der Waals surface area contributed by atoms with Crippen LogP contribution in [-0.2, 0) is 9.47 Å². The van der Waals surface area contributed by atoms with Crippen LogP contribution in [0.2, 0.25) is 4.47 Å². The topological polar surface area (TPSA) is 73.3 Å². The van der Waals surface area contributed by atoms with Gasteiger partial charge in [-0.1, -0.05) is 23.5 Å². The summed E-state index contributed by atoms with van der Waals surface area (Å²) >= 11 is 6.67. The maximum absolute atomic E-state index is 11.9. The molecule has 3 rings (SSSR count). The predicted octanol–water partition coefficient (Wildman–Crippen LogP) is 2.49. The van der Waals surface area contributed by atoms with Gasteiger partial charge in [-0.3, -0.25) is 4.79 Å². The monoisotopic (exact) mass is 311 g/mol. The molecule has 1 amide bonds. The van der Waals surface area contributed by atoms with Gasteiger partial charge in [-0.25, -0.2) is 0 Å². The highest BCUT2D eigenvalue weighted by Gasteiger charge is 2.18. The van der Waals surface area contributed by atoms with E-state index in [0.717, 1.165) is 16.9 Å². The van der Waals surface area contributed by atoms with Gasteiger partial charge in [0, 0.05) is 11.3 Å². The van der Waals surface area contributed by atoms with Crippen molar-refractivity contribution in [1.29, 1.82) is 0 Å². The average Bonchev–Trinajstić information content (AvgIpc) is 3.10. The summed E-state index contributed by atoms with van der Waals surface area (Å²) in [5.41, 5.74) is 1.57. The molecule has 0 radical (unpaired) electrons. The first kappa shape index (κ1) is 13.4. The van der Waals surface area contributed by atoms with Gasteiger partial charge in [0.2, 0.25) is 9.47 Å². The zero-order chi connectivity index (χ0) is 13.9. The fraction of sp³-hybridized carbons (Fsp3) is 0.250. The number of carbonyl (C=O) groups excluding carboxylic acids is 1. The number of halogens is 1. The van der Waals surface area contributed by atoms with Gasteiger partial charge < -0.3 is 14.8 Å². The smallest absolute Gasteiger partial charge is 0.286 e. The lowest BCUT2D eigenvalue weighted by Gasteiger charge is -2.10. The van der Waals surface area contributed by atoms with Gasteiger partial charge in [0.05, 0.1) is 13.2 Å². The third kappa shape index (κ3) is 2.96. The van der Waals surface area contributed by atoms with Gasteiger partial charge >= 0.3 is 0 Å². The van der Waals surface area contributed by atoms with Crippen LogP contribution in [0.15, 0.2) is 24.3 Å². The number of nitrogens with one attached hydrogen (secondary N) is 1. The van der Waals surface area contributed by atoms with Crippen LogP contribution in [0.25, 0.3) is 0 Å². The molecule has 2 aromatic rings. The number of amides is 1. The van der Waals surface area contributed by atoms with Crippen molar-refractivity contribution in [3.8, 4) is 0 Å². The van der Waals surface area contributed by atoms with Crippen LogP contribution >= 0.6 is 22.9 Å². The van der Waals surface area contributed by atoms with Gasteiger partial charge in [0.1, 0.15) is 0 Å². The first-order valence-electron chi connectivity index (χ1n) is 5.86. The molecule has 0 saturated carbocycles. The summed E-state index contributed by atoms with van der Waals surface area (Å²) in [6.45, 7) is 1.20. The molecule has 0 spiro atoms. The second-order valence-electron chi connectivity index (χ2n) is 4.01. The van der Waals surface area contributed by atoms with E-state index < -0.39 is 0 Å². The van der Waals surface area contributed by atoms with Crippen LogP contribution in [-0.4, -0.2) is 29.3 Å². The summed E-state index contributed by atoms with van der Waals surface area (Å²) in [6.07, 6.45) is -0.318. The molecule has 1 fully saturated rings. The summed E-state index contributed by atoms with van der Waals surface area (Å²) in [6, 6.07) is 7.25. The second-order valence-corrected chi connectivity index (χ2v) is 5.57. The number of rotatable bonds is 3. The highest BCUT2D eigenvalue weighted by Crippen LogP contribution is 2.24. The minimum Gasteiger partial charge on any atom is -0.346 e. The summed E-state index contributed by atoms with van der Waals surface area (Å²) in [4.78, 5) is 11.9. The molecule has 1 aromatic heterocycles. The van der Waals surface area contributed by atoms with Crippen molar-refractivity contribution in [1.82, 2.24) is 10.2 Å². The molecule has 1 N–H and O–H groups in total. The van der Waals surface area contributed by atoms with Gasteiger partial charge in [0.25, 0.3) is 5.91 Å². The fourth-order valence-electron chi connectivity index (χ4n) is 1.76. The van der Waals surface area contributed by atoms with Gasteiger partial charge in [-0.2, -0.15) is 0 Å². The first-order chi connectivity index (χ1) is 9.72. The Morgan fingerprint density at radius 2 is 1.95 bits per heavy atom. The molecular weight excluding hydrogens is 302 g/mol. The van der Waals surface area contributed by atoms with Gasteiger partial charge in [0.15, 0.2) is 6.29 Å². The second kappa shape index (κ2) is 5.84. The molecule has 1 aromatic carbocycles. The SMILES string of the molecule is O=C(Nc1ccc(C2OCCO2)cc1)c1nnc(Cl)s1. The van der Waals surface area contributed by atoms with E-state index in [2.05, 4.69) is 15.5 Å². The molecule has 0 bridgehead atoms. The maximum Gasteiger partial charge on any atom is 0.286 e. The molecule has 0 unspecified atom stereocenters. The van der Waals surface area contributed by atoms with E-state index in [4.69, 9.17) is 21.1 Å². The standard InChI is InChI=1S/C12H10ClN3O3S/c13-12-16-15-10(20-12)9(17)14-8-3-1-7(2-4-8)11-18-5-6-19-11/h1-4,11H,5-6H2,(H,14,17). The highest BCUT2D eigenvalue weighted by molar-refractivity contribution is 7.17. The molecule has 20 heavy (non-hydrogen) atoms. The van der Waals surface area contributed by atoms with E-state index in [-0.39, 0.29) is 21.7 Å². The summed E-state index contributed by atoms with van der Waals surface area (Å²) in [7, 11) is 0. The minimum absolute atomic E-state index is 0.224. The molecule has 1 saturated heterocycles. The molecule has 2 heterocycles. The normalized spacial score (nSPS) is 15.4. The molecular formula is C12H10ClN3O3S. The van der Waals surface area contributed by atoms with Crippen LogP contribution in [0.4, 0.5) is 5.69 Å². The number of nitrogens with zero attached hydrogens (tertiary/aromatic N) is 2. The van der Waals surface area contributed by atoms with Gasteiger partial charge in [-0.15, -0.1) is 10.2 Å². The number of anilines is 1. The van der Waals surface area contributed by atoms with E-state index in [1.807, 2.05) is 12.1 Å². The third-order valence-electron chi connectivity index (χ3n) is 2.66. The lowest BCUT2D eigenvalue weighted by Crippen LogP contribution is -2.11. The lowest BCUT2D eigenvalue weighted by atomic mass is 10.2. The number of benzene rings is 1. The zero-order valence-corrected chi connectivity index (χ0v) is 11.8. The van der Waals surface area contributed by atoms with E-state index in [1.165, 1.54) is 0 Å². The van der Waals surface area contributed by atoms with E-state index in [9.17, 15) is 4.79 Å².